The van der Waals surface area contributed by atoms with Gasteiger partial charge in [0.15, 0.2) is 0 Å². The summed E-state index contributed by atoms with van der Waals surface area (Å²) in [6.07, 6.45) is 5.08. The van der Waals surface area contributed by atoms with Crippen LogP contribution in [0.4, 0.5) is 4.79 Å². The van der Waals surface area contributed by atoms with Gasteiger partial charge >= 0.3 is 6.09 Å². The van der Waals surface area contributed by atoms with Crippen LogP contribution in [-0.4, -0.2) is 23.1 Å². The maximum Gasteiger partial charge on any atom is 0.410 e. The van der Waals surface area contributed by atoms with E-state index < -0.39 is 0 Å². The van der Waals surface area contributed by atoms with E-state index in [-0.39, 0.29) is 18.2 Å². The van der Waals surface area contributed by atoms with Crippen molar-refractivity contribution >= 4 is 11.7 Å². The fourth-order valence-corrected chi connectivity index (χ4v) is 3.97. The van der Waals surface area contributed by atoms with Gasteiger partial charge in [-0.25, -0.2) is 4.79 Å². The molecule has 4 rings (SSSR count). The maximum absolute atomic E-state index is 12.6. The molecule has 2 heterocycles. The Balaban J connectivity index is 1.47. The summed E-state index contributed by atoms with van der Waals surface area (Å²) in [7, 11) is 0. The van der Waals surface area contributed by atoms with Crippen molar-refractivity contribution in [3.05, 3.63) is 77.4 Å². The summed E-state index contributed by atoms with van der Waals surface area (Å²) < 4.78 is 5.57. The summed E-state index contributed by atoms with van der Waals surface area (Å²) in [6, 6.07) is 18.9. The molecule has 3 nitrogen and oxygen atoms in total. The van der Waals surface area contributed by atoms with Crippen LogP contribution in [-0.2, 0) is 11.3 Å². The lowest BCUT2D eigenvalue weighted by Gasteiger charge is -2.33. The molecule has 2 aromatic carbocycles. The highest BCUT2D eigenvalue weighted by atomic mass is 16.6. The largest absolute Gasteiger partial charge is 0.445 e. The molecule has 2 atom stereocenters. The number of hydrogen-bond acceptors (Lipinski definition) is 2. The van der Waals surface area contributed by atoms with Gasteiger partial charge in [0.1, 0.15) is 6.61 Å². The molecule has 1 amide bonds. The molecule has 0 radical (unpaired) electrons. The standard InChI is InChI=1S/C22H23NO2/c1-16-6-5-9-18(12-16)19-13-20-10-11-21(14-19)23(20)22(24)25-15-17-7-3-2-4-8-17/h2-9,12-13,20-21H,10-11,14-15H2,1H3. The first kappa shape index (κ1) is 15.9. The summed E-state index contributed by atoms with van der Waals surface area (Å²) in [4.78, 5) is 14.6. The lowest BCUT2D eigenvalue weighted by atomic mass is 9.94. The van der Waals surface area contributed by atoms with E-state index in [0.717, 1.165) is 24.8 Å². The average molecular weight is 333 g/mol. The molecule has 1 saturated heterocycles. The zero-order valence-corrected chi connectivity index (χ0v) is 14.5. The van der Waals surface area contributed by atoms with Crippen molar-refractivity contribution in [1.82, 2.24) is 4.90 Å². The van der Waals surface area contributed by atoms with Gasteiger partial charge in [0.25, 0.3) is 0 Å². The van der Waals surface area contributed by atoms with Gasteiger partial charge in [-0.1, -0.05) is 66.2 Å². The number of fused-ring (bicyclic) bond motifs is 2. The van der Waals surface area contributed by atoms with Crippen molar-refractivity contribution in [2.45, 2.75) is 44.9 Å². The minimum atomic E-state index is -0.184. The third-order valence-corrected chi connectivity index (χ3v) is 5.20. The van der Waals surface area contributed by atoms with E-state index in [2.05, 4.69) is 37.3 Å². The highest BCUT2D eigenvalue weighted by molar-refractivity contribution is 5.75. The molecule has 0 aliphatic carbocycles. The topological polar surface area (TPSA) is 29.5 Å². The molecule has 0 spiro atoms. The molecule has 25 heavy (non-hydrogen) atoms. The van der Waals surface area contributed by atoms with Crippen molar-refractivity contribution in [3.8, 4) is 0 Å². The average Bonchev–Trinajstić information content (AvgIpc) is 2.90. The molecule has 0 aromatic heterocycles. The van der Waals surface area contributed by atoms with Gasteiger partial charge in [0, 0.05) is 6.04 Å². The van der Waals surface area contributed by atoms with E-state index in [1.165, 1.54) is 16.7 Å². The van der Waals surface area contributed by atoms with Crippen LogP contribution in [0.1, 0.15) is 36.0 Å². The second kappa shape index (κ2) is 6.75. The van der Waals surface area contributed by atoms with E-state index in [1.54, 1.807) is 0 Å². The van der Waals surface area contributed by atoms with Gasteiger partial charge in [-0.15, -0.1) is 0 Å². The molecule has 128 valence electrons. The fraction of sp³-hybridized carbons (Fsp3) is 0.318. The van der Waals surface area contributed by atoms with Crippen LogP contribution in [0.15, 0.2) is 60.7 Å². The van der Waals surface area contributed by atoms with E-state index in [0.29, 0.717) is 6.61 Å². The number of ether oxygens (including phenoxy) is 1. The van der Waals surface area contributed by atoms with Crippen LogP contribution in [0.2, 0.25) is 0 Å². The third-order valence-electron chi connectivity index (χ3n) is 5.20. The normalized spacial score (nSPS) is 21.8. The Kier molecular flexibility index (Phi) is 4.31. The van der Waals surface area contributed by atoms with Gasteiger partial charge in [0.2, 0.25) is 0 Å². The molecule has 2 bridgehead atoms. The maximum atomic E-state index is 12.6. The van der Waals surface area contributed by atoms with Crippen molar-refractivity contribution < 1.29 is 9.53 Å². The minimum Gasteiger partial charge on any atom is -0.445 e. The van der Waals surface area contributed by atoms with Crippen molar-refractivity contribution in [3.63, 3.8) is 0 Å². The van der Waals surface area contributed by atoms with Gasteiger partial charge in [0.05, 0.1) is 6.04 Å². The summed E-state index contributed by atoms with van der Waals surface area (Å²) in [5.41, 5.74) is 4.95. The highest BCUT2D eigenvalue weighted by Crippen LogP contribution is 2.39. The van der Waals surface area contributed by atoms with Gasteiger partial charge in [-0.05, 0) is 42.9 Å². The van der Waals surface area contributed by atoms with Crippen LogP contribution in [0.25, 0.3) is 5.57 Å². The first-order valence-electron chi connectivity index (χ1n) is 8.97. The van der Waals surface area contributed by atoms with Crippen molar-refractivity contribution in [2.75, 3.05) is 0 Å². The quantitative estimate of drug-likeness (QED) is 0.795. The Morgan fingerprint density at radius 2 is 1.96 bits per heavy atom. The molecule has 3 heteroatoms. The zero-order chi connectivity index (χ0) is 17.2. The number of carbonyl (C=O) groups is 1. The van der Waals surface area contributed by atoms with E-state index in [4.69, 9.17) is 4.74 Å². The fourth-order valence-electron chi connectivity index (χ4n) is 3.97. The van der Waals surface area contributed by atoms with Gasteiger partial charge in [-0.2, -0.15) is 0 Å². The molecular weight excluding hydrogens is 310 g/mol. The SMILES string of the molecule is Cc1cccc(C2=CC3CCC(C2)N3C(=O)OCc2ccccc2)c1. The Morgan fingerprint density at radius 1 is 1.12 bits per heavy atom. The molecule has 2 aliphatic heterocycles. The number of hydrogen-bond donors (Lipinski definition) is 0. The zero-order valence-electron chi connectivity index (χ0n) is 14.5. The smallest absolute Gasteiger partial charge is 0.410 e. The first-order chi connectivity index (χ1) is 12.2. The van der Waals surface area contributed by atoms with E-state index in [1.807, 2.05) is 35.2 Å². The monoisotopic (exact) mass is 333 g/mol. The molecule has 1 fully saturated rings. The molecule has 0 N–H and O–H groups in total. The van der Waals surface area contributed by atoms with Crippen molar-refractivity contribution in [2.24, 2.45) is 0 Å². The summed E-state index contributed by atoms with van der Waals surface area (Å²) in [5, 5.41) is 0. The first-order valence-corrected chi connectivity index (χ1v) is 8.97. The lowest BCUT2D eigenvalue weighted by Crippen LogP contribution is -2.43. The molecule has 2 aliphatic rings. The predicted molar refractivity (Wildman–Crippen MR) is 99.0 cm³/mol. The Bertz CT molecular complexity index is 797. The highest BCUT2D eigenvalue weighted by Gasteiger charge is 2.40. The molecule has 2 unspecified atom stereocenters. The van der Waals surface area contributed by atoms with Crippen LogP contribution in [0, 0.1) is 6.92 Å². The molecular formula is C22H23NO2. The van der Waals surface area contributed by atoms with Gasteiger partial charge < -0.3 is 4.74 Å². The number of nitrogens with zero attached hydrogens (tertiary/aromatic N) is 1. The minimum absolute atomic E-state index is 0.164. The van der Waals surface area contributed by atoms with Gasteiger partial charge in [-0.3, -0.25) is 4.90 Å². The third kappa shape index (κ3) is 3.32. The second-order valence-corrected chi connectivity index (χ2v) is 7.01. The Hall–Kier alpha value is -2.55. The number of rotatable bonds is 3. The van der Waals surface area contributed by atoms with E-state index >= 15 is 0 Å². The lowest BCUT2D eigenvalue weighted by molar-refractivity contribution is 0.0832. The number of amides is 1. The van der Waals surface area contributed by atoms with Crippen LogP contribution < -0.4 is 0 Å². The number of benzene rings is 2. The molecule has 0 saturated carbocycles. The Labute approximate surface area is 148 Å². The Morgan fingerprint density at radius 3 is 2.72 bits per heavy atom. The predicted octanol–water partition coefficient (Wildman–Crippen LogP) is 4.95. The summed E-state index contributed by atoms with van der Waals surface area (Å²) >= 11 is 0. The summed E-state index contributed by atoms with van der Waals surface area (Å²) in [5.74, 6) is 0. The van der Waals surface area contributed by atoms with Crippen LogP contribution in [0.5, 0.6) is 0 Å². The van der Waals surface area contributed by atoms with Crippen molar-refractivity contribution in [1.29, 1.82) is 0 Å². The van der Waals surface area contributed by atoms with Crippen LogP contribution >= 0.6 is 0 Å². The van der Waals surface area contributed by atoms with E-state index in [9.17, 15) is 4.79 Å². The number of carbonyl (C=O) groups excluding carboxylic acids is 1. The van der Waals surface area contributed by atoms with Crippen LogP contribution in [0.3, 0.4) is 0 Å². The second-order valence-electron chi connectivity index (χ2n) is 7.01. The number of aryl methyl sites for hydroxylation is 1. The summed E-state index contributed by atoms with van der Waals surface area (Å²) in [6.45, 7) is 2.46. The molecule has 2 aromatic rings.